The number of rotatable bonds is 4. The number of carbonyl (C=O) groups is 2. The molecule has 12 nitrogen and oxygen atoms in total. The number of methoxy groups -OCH3 is 1. The number of hydrogen-bond donors (Lipinski definition) is 4. The van der Waals surface area contributed by atoms with Gasteiger partial charge in [0.15, 0.2) is 23.2 Å². The predicted molar refractivity (Wildman–Crippen MR) is 93.7 cm³/mol. The molecule has 3 rings (SSSR count). The highest BCUT2D eigenvalue weighted by atomic mass is 16.6. The van der Waals surface area contributed by atoms with E-state index in [0.29, 0.717) is 0 Å². The van der Waals surface area contributed by atoms with Gasteiger partial charge in [0.1, 0.15) is 24.6 Å². The number of hydrogen-bond acceptors (Lipinski definition) is 9. The topological polar surface area (TPSA) is 161 Å². The zero-order valence-electron chi connectivity index (χ0n) is 15.0. The summed E-state index contributed by atoms with van der Waals surface area (Å²) in [5.41, 5.74) is 0.530. The summed E-state index contributed by atoms with van der Waals surface area (Å²) >= 11 is 0. The van der Waals surface area contributed by atoms with Crippen molar-refractivity contribution in [2.45, 2.75) is 31.5 Å². The van der Waals surface area contributed by atoms with Crippen LogP contribution in [0.1, 0.15) is 13.2 Å². The van der Waals surface area contributed by atoms with Gasteiger partial charge in [-0.3, -0.25) is 14.7 Å². The van der Waals surface area contributed by atoms with E-state index < -0.39 is 36.5 Å². The first-order chi connectivity index (χ1) is 13.5. The second-order valence-electron chi connectivity index (χ2n) is 5.79. The summed E-state index contributed by atoms with van der Waals surface area (Å²) in [7, 11) is 1.21. The third-order valence-corrected chi connectivity index (χ3v) is 4.07. The highest BCUT2D eigenvalue weighted by molar-refractivity contribution is 6.06. The van der Waals surface area contributed by atoms with Gasteiger partial charge in [0, 0.05) is 6.54 Å². The maximum Gasteiger partial charge on any atom is 0.406 e. The number of ether oxygens (including phenoxy) is 2. The molecular formula is C16H18N6O6. The maximum atomic E-state index is 11.7. The van der Waals surface area contributed by atoms with Gasteiger partial charge < -0.3 is 25.0 Å². The van der Waals surface area contributed by atoms with E-state index in [1.807, 2.05) is 0 Å². The van der Waals surface area contributed by atoms with Gasteiger partial charge in [-0.05, 0) is 12.8 Å². The Bertz CT molecular complexity index is 950. The third kappa shape index (κ3) is 3.72. The largest absolute Gasteiger partial charge is 0.453 e. The molecule has 2 amide bonds. The SMILES string of the molecule is CC#CC(=O)Nc1ncnc2c1ncn2[C@@H]1O[C@H](CNC(=O)OC)[C@@H](O)[C@H]1O. The van der Waals surface area contributed by atoms with Gasteiger partial charge in [0.25, 0.3) is 0 Å². The molecule has 148 valence electrons. The Morgan fingerprint density at radius 2 is 2.11 bits per heavy atom. The van der Waals surface area contributed by atoms with E-state index in [2.05, 4.69) is 42.2 Å². The summed E-state index contributed by atoms with van der Waals surface area (Å²) in [5.74, 6) is 4.39. The molecule has 1 aliphatic heterocycles. The summed E-state index contributed by atoms with van der Waals surface area (Å²) in [6.07, 6.45) is -2.59. The molecule has 4 atom stereocenters. The molecule has 0 bridgehead atoms. The summed E-state index contributed by atoms with van der Waals surface area (Å²) in [6.45, 7) is 1.46. The van der Waals surface area contributed by atoms with Crippen molar-refractivity contribution < 1.29 is 29.3 Å². The number of nitrogens with zero attached hydrogens (tertiary/aromatic N) is 4. The van der Waals surface area contributed by atoms with Crippen LogP contribution in [-0.2, 0) is 14.3 Å². The summed E-state index contributed by atoms with van der Waals surface area (Å²) in [5, 5.41) is 25.5. The molecule has 1 aliphatic rings. The lowest BCUT2D eigenvalue weighted by molar-refractivity contribution is -0.111. The smallest absolute Gasteiger partial charge is 0.406 e. The number of carbonyl (C=O) groups excluding carboxylic acids is 2. The van der Waals surface area contributed by atoms with Gasteiger partial charge in [0.2, 0.25) is 0 Å². The van der Waals surface area contributed by atoms with Crippen molar-refractivity contribution in [1.82, 2.24) is 24.8 Å². The minimum Gasteiger partial charge on any atom is -0.453 e. The van der Waals surface area contributed by atoms with Crippen molar-refractivity contribution in [2.24, 2.45) is 0 Å². The maximum absolute atomic E-state index is 11.7. The van der Waals surface area contributed by atoms with Crippen molar-refractivity contribution >= 4 is 29.0 Å². The molecule has 0 saturated carbocycles. The fourth-order valence-electron chi connectivity index (χ4n) is 2.77. The van der Waals surface area contributed by atoms with Crippen LogP contribution in [0, 0.1) is 11.8 Å². The molecule has 0 aliphatic carbocycles. The number of aliphatic hydroxyl groups is 2. The lowest BCUT2D eigenvalue weighted by Gasteiger charge is -2.16. The number of imidazole rings is 1. The molecule has 1 saturated heterocycles. The van der Waals surface area contributed by atoms with E-state index in [-0.39, 0.29) is 23.5 Å². The summed E-state index contributed by atoms with van der Waals surface area (Å²) < 4.78 is 11.5. The van der Waals surface area contributed by atoms with Crippen LogP contribution in [0.25, 0.3) is 11.2 Å². The lowest BCUT2D eigenvalue weighted by atomic mass is 10.1. The van der Waals surface area contributed by atoms with Gasteiger partial charge >= 0.3 is 12.0 Å². The second-order valence-corrected chi connectivity index (χ2v) is 5.79. The van der Waals surface area contributed by atoms with E-state index in [9.17, 15) is 19.8 Å². The van der Waals surface area contributed by atoms with E-state index in [1.54, 1.807) is 0 Å². The highest BCUT2D eigenvalue weighted by Crippen LogP contribution is 2.32. The monoisotopic (exact) mass is 390 g/mol. The molecule has 0 unspecified atom stereocenters. The fourth-order valence-corrected chi connectivity index (χ4v) is 2.77. The standard InChI is InChI=1S/C16H18N6O6/c1-3-4-9(23)21-13-10-14(19-6-18-13)22(7-20-10)15-12(25)11(24)8(28-15)5-17-16(26)27-2/h6-8,11-12,15,24-25H,5H2,1-2H3,(H,17,26)(H,18,19,21,23)/t8-,11-,12-,15-/m1/s1. The Morgan fingerprint density at radius 1 is 1.32 bits per heavy atom. The fraction of sp³-hybridized carbons (Fsp3) is 0.438. The van der Waals surface area contributed by atoms with Gasteiger partial charge in [0.05, 0.1) is 13.4 Å². The molecule has 4 N–H and O–H groups in total. The third-order valence-electron chi connectivity index (χ3n) is 4.07. The first-order valence-corrected chi connectivity index (χ1v) is 8.21. The van der Waals surface area contributed by atoms with Gasteiger partial charge in [-0.2, -0.15) is 0 Å². The molecule has 3 heterocycles. The lowest BCUT2D eigenvalue weighted by Crippen LogP contribution is -2.39. The van der Waals surface area contributed by atoms with Crippen LogP contribution in [0.4, 0.5) is 10.6 Å². The van der Waals surface area contributed by atoms with E-state index in [0.717, 1.165) is 0 Å². The van der Waals surface area contributed by atoms with Crippen LogP contribution < -0.4 is 10.6 Å². The number of aliphatic hydroxyl groups excluding tert-OH is 2. The van der Waals surface area contributed by atoms with Crippen molar-refractivity contribution in [3.63, 3.8) is 0 Å². The van der Waals surface area contributed by atoms with Crippen molar-refractivity contribution in [2.75, 3.05) is 19.0 Å². The molecule has 0 spiro atoms. The minimum atomic E-state index is -1.30. The average molecular weight is 390 g/mol. The van der Waals surface area contributed by atoms with Crippen LogP contribution in [0.2, 0.25) is 0 Å². The van der Waals surface area contributed by atoms with Gasteiger partial charge in [-0.15, -0.1) is 0 Å². The first kappa shape index (κ1) is 19.5. The highest BCUT2D eigenvalue weighted by Gasteiger charge is 2.44. The zero-order chi connectivity index (χ0) is 20.3. The molecular weight excluding hydrogens is 372 g/mol. The van der Waals surface area contributed by atoms with Crippen LogP contribution in [-0.4, -0.2) is 73.7 Å². The first-order valence-electron chi connectivity index (χ1n) is 8.21. The Kier molecular flexibility index (Phi) is 5.69. The average Bonchev–Trinajstić information content (AvgIpc) is 3.23. The predicted octanol–water partition coefficient (Wildman–Crippen LogP) is -1.24. The van der Waals surface area contributed by atoms with Gasteiger partial charge in [-0.1, -0.05) is 5.92 Å². The number of alkyl carbamates (subject to hydrolysis) is 1. The molecule has 12 heteroatoms. The second kappa shape index (κ2) is 8.17. The Balaban J connectivity index is 1.84. The van der Waals surface area contributed by atoms with Crippen molar-refractivity contribution in [1.29, 1.82) is 0 Å². The Labute approximate surface area is 158 Å². The van der Waals surface area contributed by atoms with Crippen LogP contribution in [0.15, 0.2) is 12.7 Å². The quantitative estimate of drug-likeness (QED) is 0.468. The number of nitrogens with one attached hydrogen (secondary N) is 2. The van der Waals surface area contributed by atoms with E-state index in [4.69, 9.17) is 4.74 Å². The van der Waals surface area contributed by atoms with Crippen molar-refractivity contribution in [3.05, 3.63) is 12.7 Å². The van der Waals surface area contributed by atoms with Crippen LogP contribution in [0.5, 0.6) is 0 Å². The summed E-state index contributed by atoms with van der Waals surface area (Å²) in [4.78, 5) is 35.1. The zero-order valence-corrected chi connectivity index (χ0v) is 15.0. The Morgan fingerprint density at radius 3 is 2.82 bits per heavy atom. The minimum absolute atomic E-state index is 0.0694. The number of amides is 2. The molecule has 1 fully saturated rings. The Hall–Kier alpha value is -3.27. The van der Waals surface area contributed by atoms with Crippen LogP contribution in [0.3, 0.4) is 0 Å². The molecule has 2 aromatic rings. The number of aromatic nitrogens is 4. The van der Waals surface area contributed by atoms with Crippen LogP contribution >= 0.6 is 0 Å². The number of fused-ring (bicyclic) bond motifs is 1. The van der Waals surface area contributed by atoms with E-state index >= 15 is 0 Å². The molecule has 0 aromatic carbocycles. The van der Waals surface area contributed by atoms with E-state index in [1.165, 1.54) is 31.3 Å². The molecule has 2 aromatic heterocycles. The normalized spacial score (nSPS) is 23.7. The van der Waals surface area contributed by atoms with Gasteiger partial charge in [-0.25, -0.2) is 19.7 Å². The van der Waals surface area contributed by atoms with Crippen molar-refractivity contribution in [3.8, 4) is 11.8 Å². The number of anilines is 1. The molecule has 28 heavy (non-hydrogen) atoms. The summed E-state index contributed by atoms with van der Waals surface area (Å²) in [6, 6.07) is 0. The molecule has 0 radical (unpaired) electrons.